The molecule has 3 heteroatoms. The van der Waals surface area contributed by atoms with Crippen molar-refractivity contribution in [1.29, 1.82) is 0 Å². The molecule has 0 bridgehead atoms. The number of benzene rings is 2. The van der Waals surface area contributed by atoms with Crippen LogP contribution in [-0.4, -0.2) is 18.1 Å². The number of rotatable bonds is 1. The molecule has 1 aromatic heterocycles. The smallest absolute Gasteiger partial charge is 0.337 e. The van der Waals surface area contributed by atoms with Crippen molar-refractivity contribution < 1.29 is 9.53 Å². The molecular formula is C15H11NO2. The number of methoxy groups -OCH3 is 1. The number of carbonyl (C=O) groups is 1. The Morgan fingerprint density at radius 2 is 2.00 bits per heavy atom. The molecule has 0 unspecified atom stereocenters. The zero-order valence-corrected chi connectivity index (χ0v) is 9.88. The van der Waals surface area contributed by atoms with Gasteiger partial charge in [0.05, 0.1) is 18.2 Å². The van der Waals surface area contributed by atoms with E-state index in [9.17, 15) is 4.79 Å². The van der Waals surface area contributed by atoms with E-state index in [4.69, 9.17) is 4.74 Å². The molecule has 3 aromatic rings. The molecular weight excluding hydrogens is 226 g/mol. The molecule has 0 spiro atoms. The third-order valence-corrected chi connectivity index (χ3v) is 3.02. The van der Waals surface area contributed by atoms with Gasteiger partial charge in [-0.05, 0) is 35.0 Å². The summed E-state index contributed by atoms with van der Waals surface area (Å²) < 4.78 is 4.72. The van der Waals surface area contributed by atoms with Gasteiger partial charge in [0.1, 0.15) is 0 Å². The Kier molecular flexibility index (Phi) is 2.45. The molecule has 0 saturated carbocycles. The van der Waals surface area contributed by atoms with Crippen molar-refractivity contribution in [3.8, 4) is 0 Å². The SMILES string of the molecule is COC(=O)c1ccc2c(ccc3ncccc32)c1. The largest absolute Gasteiger partial charge is 0.465 e. The van der Waals surface area contributed by atoms with Gasteiger partial charge in [-0.3, -0.25) is 4.98 Å². The number of fused-ring (bicyclic) bond motifs is 3. The second-order valence-corrected chi connectivity index (χ2v) is 4.06. The summed E-state index contributed by atoms with van der Waals surface area (Å²) in [5.41, 5.74) is 1.52. The standard InChI is InChI=1S/C15H11NO2/c1-18-15(17)11-4-6-12-10(9-11)5-7-14-13(12)3-2-8-16-14/h2-9H,1H3. The number of pyridine rings is 1. The number of aromatic nitrogens is 1. The van der Waals surface area contributed by atoms with Crippen molar-refractivity contribution in [2.45, 2.75) is 0 Å². The van der Waals surface area contributed by atoms with E-state index in [0.717, 1.165) is 21.7 Å². The van der Waals surface area contributed by atoms with E-state index in [1.807, 2.05) is 36.4 Å². The van der Waals surface area contributed by atoms with Gasteiger partial charge < -0.3 is 4.74 Å². The van der Waals surface area contributed by atoms with Crippen molar-refractivity contribution in [1.82, 2.24) is 4.98 Å². The van der Waals surface area contributed by atoms with Gasteiger partial charge in [-0.25, -0.2) is 4.79 Å². The number of ether oxygens (including phenoxy) is 1. The van der Waals surface area contributed by atoms with Gasteiger partial charge in [-0.15, -0.1) is 0 Å². The highest BCUT2D eigenvalue weighted by atomic mass is 16.5. The Bertz CT molecular complexity index is 750. The second-order valence-electron chi connectivity index (χ2n) is 4.06. The average molecular weight is 237 g/mol. The molecule has 0 radical (unpaired) electrons. The zero-order chi connectivity index (χ0) is 12.5. The molecule has 0 saturated heterocycles. The summed E-state index contributed by atoms with van der Waals surface area (Å²) in [6.45, 7) is 0. The first kappa shape index (κ1) is 10.7. The summed E-state index contributed by atoms with van der Waals surface area (Å²) in [5, 5.41) is 3.19. The predicted octanol–water partition coefficient (Wildman–Crippen LogP) is 3.17. The van der Waals surface area contributed by atoms with Gasteiger partial charge in [-0.1, -0.05) is 18.2 Å². The monoisotopic (exact) mass is 237 g/mol. The van der Waals surface area contributed by atoms with Gasteiger partial charge >= 0.3 is 5.97 Å². The van der Waals surface area contributed by atoms with Gasteiger partial charge in [0, 0.05) is 11.6 Å². The van der Waals surface area contributed by atoms with Crippen molar-refractivity contribution in [2.75, 3.05) is 7.11 Å². The highest BCUT2D eigenvalue weighted by Crippen LogP contribution is 2.24. The van der Waals surface area contributed by atoms with Crippen LogP contribution in [0.2, 0.25) is 0 Å². The minimum absolute atomic E-state index is 0.316. The second kappa shape index (κ2) is 4.11. The van der Waals surface area contributed by atoms with E-state index >= 15 is 0 Å². The fourth-order valence-corrected chi connectivity index (χ4v) is 2.14. The molecule has 88 valence electrons. The summed E-state index contributed by atoms with van der Waals surface area (Å²) >= 11 is 0. The lowest BCUT2D eigenvalue weighted by Gasteiger charge is -2.05. The highest BCUT2D eigenvalue weighted by Gasteiger charge is 2.07. The molecule has 0 fully saturated rings. The normalized spacial score (nSPS) is 10.7. The Hall–Kier alpha value is -2.42. The van der Waals surface area contributed by atoms with Gasteiger partial charge in [0.25, 0.3) is 0 Å². The molecule has 0 amide bonds. The Labute approximate surface area is 104 Å². The van der Waals surface area contributed by atoms with E-state index in [0.29, 0.717) is 5.56 Å². The lowest BCUT2D eigenvalue weighted by Crippen LogP contribution is -2.00. The Morgan fingerprint density at radius 1 is 1.11 bits per heavy atom. The highest BCUT2D eigenvalue weighted by molar-refractivity contribution is 6.07. The van der Waals surface area contributed by atoms with Crippen LogP contribution in [0.1, 0.15) is 10.4 Å². The minimum atomic E-state index is -0.316. The van der Waals surface area contributed by atoms with Crippen LogP contribution < -0.4 is 0 Å². The third-order valence-electron chi connectivity index (χ3n) is 3.02. The first-order valence-corrected chi connectivity index (χ1v) is 5.65. The molecule has 3 rings (SSSR count). The predicted molar refractivity (Wildman–Crippen MR) is 70.6 cm³/mol. The van der Waals surface area contributed by atoms with Crippen LogP contribution in [0.3, 0.4) is 0 Å². The minimum Gasteiger partial charge on any atom is -0.465 e. The van der Waals surface area contributed by atoms with Crippen molar-refractivity contribution in [3.05, 3.63) is 54.2 Å². The molecule has 0 aliphatic heterocycles. The molecule has 1 heterocycles. The lowest BCUT2D eigenvalue weighted by atomic mass is 10.0. The molecule has 0 N–H and O–H groups in total. The van der Waals surface area contributed by atoms with Crippen LogP contribution in [0, 0.1) is 0 Å². The number of hydrogen-bond donors (Lipinski definition) is 0. The van der Waals surface area contributed by atoms with Crippen LogP contribution in [0.15, 0.2) is 48.7 Å². The maximum absolute atomic E-state index is 11.5. The average Bonchev–Trinajstić information content (AvgIpc) is 2.45. The molecule has 18 heavy (non-hydrogen) atoms. The molecule has 2 aromatic carbocycles. The first-order chi connectivity index (χ1) is 8.79. The number of esters is 1. The third kappa shape index (κ3) is 1.61. The summed E-state index contributed by atoms with van der Waals surface area (Å²) in [6, 6.07) is 13.4. The van der Waals surface area contributed by atoms with E-state index in [1.54, 1.807) is 12.3 Å². The number of nitrogens with zero attached hydrogens (tertiary/aromatic N) is 1. The molecule has 0 aliphatic carbocycles. The van der Waals surface area contributed by atoms with E-state index < -0.39 is 0 Å². The number of carbonyl (C=O) groups excluding carboxylic acids is 1. The Morgan fingerprint density at radius 3 is 2.83 bits per heavy atom. The van der Waals surface area contributed by atoms with E-state index in [2.05, 4.69) is 4.98 Å². The van der Waals surface area contributed by atoms with Crippen molar-refractivity contribution in [3.63, 3.8) is 0 Å². The van der Waals surface area contributed by atoms with Gasteiger partial charge in [0.15, 0.2) is 0 Å². The van der Waals surface area contributed by atoms with Crippen LogP contribution in [0.4, 0.5) is 0 Å². The molecule has 3 nitrogen and oxygen atoms in total. The maximum atomic E-state index is 11.5. The summed E-state index contributed by atoms with van der Waals surface area (Å²) in [6.07, 6.45) is 1.77. The first-order valence-electron chi connectivity index (χ1n) is 5.65. The van der Waals surface area contributed by atoms with Crippen molar-refractivity contribution in [2.24, 2.45) is 0 Å². The summed E-state index contributed by atoms with van der Waals surface area (Å²) in [4.78, 5) is 15.8. The summed E-state index contributed by atoms with van der Waals surface area (Å²) in [7, 11) is 1.39. The van der Waals surface area contributed by atoms with Crippen LogP contribution in [0.25, 0.3) is 21.7 Å². The van der Waals surface area contributed by atoms with Crippen LogP contribution in [0.5, 0.6) is 0 Å². The molecule has 0 atom stereocenters. The van der Waals surface area contributed by atoms with Crippen LogP contribution in [-0.2, 0) is 4.74 Å². The zero-order valence-electron chi connectivity index (χ0n) is 9.88. The quantitative estimate of drug-likeness (QED) is 0.482. The fourth-order valence-electron chi connectivity index (χ4n) is 2.14. The van der Waals surface area contributed by atoms with Gasteiger partial charge in [0.2, 0.25) is 0 Å². The van der Waals surface area contributed by atoms with E-state index in [-0.39, 0.29) is 5.97 Å². The van der Waals surface area contributed by atoms with E-state index in [1.165, 1.54) is 7.11 Å². The Balaban J connectivity index is 2.31. The molecule has 0 aliphatic rings. The fraction of sp³-hybridized carbons (Fsp3) is 0.0667. The lowest BCUT2D eigenvalue weighted by molar-refractivity contribution is 0.0601. The topological polar surface area (TPSA) is 39.2 Å². The maximum Gasteiger partial charge on any atom is 0.337 e. The van der Waals surface area contributed by atoms with Gasteiger partial charge in [-0.2, -0.15) is 0 Å². The van der Waals surface area contributed by atoms with Crippen molar-refractivity contribution >= 4 is 27.6 Å². The van der Waals surface area contributed by atoms with Crippen LogP contribution >= 0.6 is 0 Å². The number of hydrogen-bond acceptors (Lipinski definition) is 3. The summed E-state index contributed by atoms with van der Waals surface area (Å²) in [5.74, 6) is -0.316.